The first-order valence-electron chi connectivity index (χ1n) is 1.92. The van der Waals surface area contributed by atoms with Gasteiger partial charge in [0.2, 0.25) is 0 Å². The molecule has 0 aromatic rings. The van der Waals surface area contributed by atoms with Crippen LogP contribution in [0.1, 0.15) is 13.8 Å². The van der Waals surface area contributed by atoms with Crippen LogP contribution in [0.5, 0.6) is 0 Å². The van der Waals surface area contributed by atoms with E-state index in [1.54, 1.807) is 6.92 Å². The van der Waals surface area contributed by atoms with Crippen molar-refractivity contribution >= 4 is 15.9 Å². The molecule has 0 spiro atoms. The van der Waals surface area contributed by atoms with E-state index < -0.39 is 6.17 Å². The van der Waals surface area contributed by atoms with Gasteiger partial charge in [0, 0.05) is 4.83 Å². The SMILES string of the molecule is CC(F)C(C)Br. The zero-order valence-electron chi connectivity index (χ0n) is 3.91. The monoisotopic (exact) mass is 154 g/mol. The summed E-state index contributed by atoms with van der Waals surface area (Å²) in [5, 5.41) is 0. The predicted molar refractivity (Wildman–Crippen MR) is 29.0 cm³/mol. The van der Waals surface area contributed by atoms with Gasteiger partial charge >= 0.3 is 0 Å². The molecule has 0 aliphatic rings. The molecule has 0 saturated carbocycles. The molecular formula is C4H8BrF. The predicted octanol–water partition coefficient (Wildman–Crippen LogP) is 2.13. The van der Waals surface area contributed by atoms with Crippen molar-refractivity contribution in [2.75, 3.05) is 0 Å². The molecule has 0 fully saturated rings. The maximum absolute atomic E-state index is 11.8. The summed E-state index contributed by atoms with van der Waals surface area (Å²) >= 11 is 3.06. The summed E-state index contributed by atoms with van der Waals surface area (Å²) in [4.78, 5) is -0.00231. The third kappa shape index (κ3) is 2.64. The van der Waals surface area contributed by atoms with E-state index in [0.29, 0.717) is 0 Å². The van der Waals surface area contributed by atoms with E-state index in [2.05, 4.69) is 15.9 Å². The minimum Gasteiger partial charge on any atom is -0.247 e. The minimum atomic E-state index is -0.731. The Morgan fingerprint density at radius 3 is 1.67 bits per heavy atom. The van der Waals surface area contributed by atoms with Crippen LogP contribution in [0.25, 0.3) is 0 Å². The van der Waals surface area contributed by atoms with Gasteiger partial charge in [-0.2, -0.15) is 0 Å². The highest BCUT2D eigenvalue weighted by atomic mass is 79.9. The van der Waals surface area contributed by atoms with E-state index in [1.807, 2.05) is 0 Å². The molecule has 0 aliphatic heterocycles. The molecule has 38 valence electrons. The molecule has 0 aromatic carbocycles. The largest absolute Gasteiger partial charge is 0.247 e. The van der Waals surface area contributed by atoms with Gasteiger partial charge in [0.05, 0.1) is 0 Å². The molecular weight excluding hydrogens is 147 g/mol. The van der Waals surface area contributed by atoms with Gasteiger partial charge in [0.15, 0.2) is 0 Å². The Bertz CT molecular complexity index is 28.5. The Morgan fingerprint density at radius 2 is 1.67 bits per heavy atom. The Balaban J connectivity index is 2.99. The lowest BCUT2D eigenvalue weighted by Gasteiger charge is -1.99. The van der Waals surface area contributed by atoms with Gasteiger partial charge in [-0.3, -0.25) is 0 Å². The Labute approximate surface area is 45.9 Å². The van der Waals surface area contributed by atoms with Crippen LogP contribution in [0.15, 0.2) is 0 Å². The second kappa shape index (κ2) is 2.56. The fourth-order valence-electron chi connectivity index (χ4n) is 0. The highest BCUT2D eigenvalue weighted by Gasteiger charge is 2.02. The third-order valence-electron chi connectivity index (χ3n) is 0.633. The minimum absolute atomic E-state index is 0.00231. The van der Waals surface area contributed by atoms with Crippen molar-refractivity contribution in [3.63, 3.8) is 0 Å². The standard InChI is InChI=1S/C4H8BrF/c1-3(5)4(2)6/h3-4H,1-2H3. The van der Waals surface area contributed by atoms with E-state index in [4.69, 9.17) is 0 Å². The molecule has 0 amide bonds. The van der Waals surface area contributed by atoms with Crippen molar-refractivity contribution in [2.45, 2.75) is 24.8 Å². The van der Waals surface area contributed by atoms with Crippen LogP contribution in [-0.2, 0) is 0 Å². The van der Waals surface area contributed by atoms with Crippen LogP contribution in [0.4, 0.5) is 4.39 Å². The van der Waals surface area contributed by atoms with Crippen LogP contribution in [0, 0.1) is 0 Å². The van der Waals surface area contributed by atoms with Crippen LogP contribution in [-0.4, -0.2) is 11.0 Å². The van der Waals surface area contributed by atoms with Crippen molar-refractivity contribution in [2.24, 2.45) is 0 Å². The Morgan fingerprint density at radius 1 is 1.50 bits per heavy atom. The van der Waals surface area contributed by atoms with Gasteiger partial charge in [-0.15, -0.1) is 0 Å². The smallest absolute Gasteiger partial charge is 0.109 e. The van der Waals surface area contributed by atoms with Crippen LogP contribution < -0.4 is 0 Å². The molecule has 0 radical (unpaired) electrons. The molecule has 2 unspecified atom stereocenters. The van der Waals surface area contributed by atoms with Gasteiger partial charge in [-0.25, -0.2) is 4.39 Å². The summed E-state index contributed by atoms with van der Waals surface area (Å²) in [6.07, 6.45) is -0.731. The average Bonchev–Trinajstić information content (AvgIpc) is 1.36. The summed E-state index contributed by atoms with van der Waals surface area (Å²) in [5.41, 5.74) is 0. The number of hydrogen-bond donors (Lipinski definition) is 0. The molecule has 2 atom stereocenters. The molecule has 0 aromatic heterocycles. The molecule has 0 aliphatic carbocycles. The van der Waals surface area contributed by atoms with Crippen molar-refractivity contribution in [1.29, 1.82) is 0 Å². The van der Waals surface area contributed by atoms with Crippen molar-refractivity contribution in [3.8, 4) is 0 Å². The molecule has 0 saturated heterocycles. The first-order chi connectivity index (χ1) is 2.64. The molecule has 0 N–H and O–H groups in total. The van der Waals surface area contributed by atoms with Crippen LogP contribution in [0.3, 0.4) is 0 Å². The van der Waals surface area contributed by atoms with Crippen LogP contribution >= 0.6 is 15.9 Å². The summed E-state index contributed by atoms with van der Waals surface area (Å²) in [7, 11) is 0. The van der Waals surface area contributed by atoms with Crippen molar-refractivity contribution < 1.29 is 4.39 Å². The van der Waals surface area contributed by atoms with Gasteiger partial charge in [0.25, 0.3) is 0 Å². The molecule has 2 heteroatoms. The first-order valence-corrected chi connectivity index (χ1v) is 2.84. The van der Waals surface area contributed by atoms with E-state index in [9.17, 15) is 4.39 Å². The average molecular weight is 155 g/mol. The third-order valence-corrected chi connectivity index (χ3v) is 1.36. The topological polar surface area (TPSA) is 0 Å². The fraction of sp³-hybridized carbons (Fsp3) is 1.00. The number of alkyl halides is 2. The molecule has 0 rings (SSSR count). The number of hydrogen-bond acceptors (Lipinski definition) is 0. The number of rotatable bonds is 1. The van der Waals surface area contributed by atoms with E-state index in [0.717, 1.165) is 0 Å². The van der Waals surface area contributed by atoms with Gasteiger partial charge < -0.3 is 0 Å². The second-order valence-electron chi connectivity index (χ2n) is 1.36. The highest BCUT2D eigenvalue weighted by molar-refractivity contribution is 9.09. The molecule has 0 bridgehead atoms. The van der Waals surface area contributed by atoms with E-state index in [1.165, 1.54) is 6.92 Å². The Hall–Kier alpha value is 0.410. The maximum atomic E-state index is 11.8. The van der Waals surface area contributed by atoms with E-state index in [-0.39, 0.29) is 4.83 Å². The lowest BCUT2D eigenvalue weighted by atomic mass is 10.3. The van der Waals surface area contributed by atoms with Crippen LogP contribution in [0.2, 0.25) is 0 Å². The van der Waals surface area contributed by atoms with Gasteiger partial charge in [-0.1, -0.05) is 15.9 Å². The maximum Gasteiger partial charge on any atom is 0.109 e. The second-order valence-corrected chi connectivity index (χ2v) is 2.80. The number of halogens is 2. The first kappa shape index (κ1) is 6.41. The normalized spacial score (nSPS) is 20.0. The van der Waals surface area contributed by atoms with E-state index >= 15 is 0 Å². The summed E-state index contributed by atoms with van der Waals surface area (Å²) in [6.45, 7) is 3.31. The highest BCUT2D eigenvalue weighted by Crippen LogP contribution is 2.05. The van der Waals surface area contributed by atoms with Gasteiger partial charge in [0.1, 0.15) is 6.17 Å². The quantitative estimate of drug-likeness (QED) is 0.508. The molecule has 6 heavy (non-hydrogen) atoms. The van der Waals surface area contributed by atoms with Crippen molar-refractivity contribution in [3.05, 3.63) is 0 Å². The lowest BCUT2D eigenvalue weighted by molar-refractivity contribution is 0.363. The summed E-state index contributed by atoms with van der Waals surface area (Å²) in [6, 6.07) is 0. The van der Waals surface area contributed by atoms with Crippen molar-refractivity contribution in [1.82, 2.24) is 0 Å². The molecule has 0 nitrogen and oxygen atoms in total. The lowest BCUT2D eigenvalue weighted by Crippen LogP contribution is -2.04. The summed E-state index contributed by atoms with van der Waals surface area (Å²) < 4.78 is 11.8. The Kier molecular flexibility index (Phi) is 2.74. The fourth-order valence-corrected chi connectivity index (χ4v) is 0. The molecule has 0 heterocycles. The zero-order valence-corrected chi connectivity index (χ0v) is 5.50. The zero-order chi connectivity index (χ0) is 5.15. The summed E-state index contributed by atoms with van der Waals surface area (Å²) in [5.74, 6) is 0. The van der Waals surface area contributed by atoms with Gasteiger partial charge in [-0.05, 0) is 13.8 Å².